The first-order valence-electron chi connectivity index (χ1n) is 7.97. The Labute approximate surface area is 157 Å². The van der Waals surface area contributed by atoms with Crippen molar-refractivity contribution in [2.45, 2.75) is 0 Å². The first-order chi connectivity index (χ1) is 13.2. The summed E-state index contributed by atoms with van der Waals surface area (Å²) in [7, 11) is 2.80. The molecular weight excluding hydrogens is 368 g/mol. The minimum absolute atomic E-state index is 0.0334. The van der Waals surface area contributed by atoms with E-state index in [0.29, 0.717) is 5.56 Å². The molecule has 0 unspecified atom stereocenters. The molecule has 0 saturated carbocycles. The van der Waals surface area contributed by atoms with E-state index in [-0.39, 0.29) is 33.9 Å². The Morgan fingerprint density at radius 1 is 1.18 bits per heavy atom. The van der Waals surface area contributed by atoms with Crippen molar-refractivity contribution < 1.29 is 20.0 Å². The molecule has 0 aliphatic rings. The quantitative estimate of drug-likeness (QED) is 0.251. The van der Waals surface area contributed by atoms with E-state index in [0.717, 1.165) is 4.57 Å². The molecule has 2 heterocycles. The van der Waals surface area contributed by atoms with Gasteiger partial charge in [0.1, 0.15) is 10.9 Å². The number of hydrogen-bond acceptors (Lipinski definition) is 7. The number of aromatic amines is 1. The number of carbonyl (C=O) groups is 1. The molecule has 0 fully saturated rings. The fourth-order valence-electron chi connectivity index (χ4n) is 2.60. The predicted octanol–water partition coefficient (Wildman–Crippen LogP) is -1.19. The molecule has 0 aliphatic carbocycles. The van der Waals surface area contributed by atoms with Gasteiger partial charge in [-0.3, -0.25) is 9.59 Å². The number of aryl methyl sites for hydroxylation is 1. The van der Waals surface area contributed by atoms with Gasteiger partial charge in [-0.1, -0.05) is 0 Å². The number of phenolic OH excluding ortho intramolecular Hbond substituents is 2. The van der Waals surface area contributed by atoms with Gasteiger partial charge in [-0.15, -0.1) is 0 Å². The second-order valence-corrected chi connectivity index (χ2v) is 6.01. The number of carbonyl (C=O) groups excluding carboxylic acids is 1. The highest BCUT2D eigenvalue weighted by molar-refractivity contribution is 6.00. The zero-order chi connectivity index (χ0) is 20.6. The van der Waals surface area contributed by atoms with Crippen molar-refractivity contribution in [2.75, 3.05) is 5.73 Å². The van der Waals surface area contributed by atoms with Crippen LogP contribution >= 0.6 is 0 Å². The van der Waals surface area contributed by atoms with Crippen molar-refractivity contribution >= 4 is 29.0 Å². The minimum Gasteiger partial charge on any atom is -0.504 e. The summed E-state index contributed by atoms with van der Waals surface area (Å²) in [6.07, 6.45) is 1.25. The first-order valence-corrected chi connectivity index (χ1v) is 7.97. The number of pyridine rings is 1. The number of aromatic hydroxyl groups is 2. The van der Waals surface area contributed by atoms with Gasteiger partial charge in [0.2, 0.25) is 11.5 Å². The van der Waals surface area contributed by atoms with E-state index in [2.05, 4.69) is 15.5 Å². The Morgan fingerprint density at radius 2 is 1.89 bits per heavy atom. The number of aromatic nitrogens is 3. The average Bonchev–Trinajstić information content (AvgIpc) is 2.67. The maximum Gasteiger partial charge on any atom is 0.388 e. The smallest absolute Gasteiger partial charge is 0.388 e. The van der Waals surface area contributed by atoms with Crippen molar-refractivity contribution in [1.82, 2.24) is 14.6 Å². The molecular formula is C17H17N6O5+. The number of anilines is 1. The molecule has 0 spiro atoms. The van der Waals surface area contributed by atoms with Crippen LogP contribution in [0.25, 0.3) is 11.0 Å². The summed E-state index contributed by atoms with van der Waals surface area (Å²) in [6.45, 7) is 0. The normalized spacial score (nSPS) is 11.2. The number of rotatable bonds is 3. The van der Waals surface area contributed by atoms with Gasteiger partial charge in [0, 0.05) is 7.05 Å². The highest BCUT2D eigenvalue weighted by atomic mass is 16.3. The highest BCUT2D eigenvalue weighted by Crippen LogP contribution is 2.23. The van der Waals surface area contributed by atoms with Crippen LogP contribution in [0.2, 0.25) is 0 Å². The summed E-state index contributed by atoms with van der Waals surface area (Å²) >= 11 is 0. The van der Waals surface area contributed by atoms with E-state index in [1.54, 1.807) is 0 Å². The second kappa shape index (κ2) is 6.87. The first kappa shape index (κ1) is 18.6. The van der Waals surface area contributed by atoms with Crippen LogP contribution < -0.4 is 27.4 Å². The number of H-pyrrole nitrogens is 1. The van der Waals surface area contributed by atoms with Crippen molar-refractivity contribution in [3.8, 4) is 11.5 Å². The Hall–Kier alpha value is -4.15. The van der Waals surface area contributed by atoms with Crippen LogP contribution in [-0.2, 0) is 14.1 Å². The molecule has 0 bridgehead atoms. The fraction of sp³-hybridized carbons (Fsp3) is 0.118. The topological polar surface area (TPSA) is 166 Å². The third-order valence-corrected chi connectivity index (χ3v) is 4.16. The van der Waals surface area contributed by atoms with E-state index in [9.17, 15) is 24.6 Å². The van der Waals surface area contributed by atoms with Gasteiger partial charge >= 0.3 is 5.69 Å². The lowest BCUT2D eigenvalue weighted by molar-refractivity contribution is -0.332. The van der Waals surface area contributed by atoms with Gasteiger partial charge in [0.15, 0.2) is 11.5 Å². The molecule has 0 radical (unpaired) electrons. The van der Waals surface area contributed by atoms with Crippen LogP contribution in [0.4, 0.5) is 5.82 Å². The molecule has 2 aromatic heterocycles. The maximum absolute atomic E-state index is 12.4. The van der Waals surface area contributed by atoms with Gasteiger partial charge in [-0.2, -0.15) is 5.10 Å². The van der Waals surface area contributed by atoms with E-state index >= 15 is 0 Å². The van der Waals surface area contributed by atoms with Crippen LogP contribution in [0, 0.1) is 0 Å². The van der Waals surface area contributed by atoms with Gasteiger partial charge in [0.25, 0.3) is 11.5 Å². The Morgan fingerprint density at radius 3 is 2.57 bits per heavy atom. The zero-order valence-electron chi connectivity index (χ0n) is 14.9. The molecule has 1 amide bonds. The number of nitrogens with zero attached hydrogens (tertiary/aromatic N) is 3. The molecule has 6 N–H and O–H groups in total. The van der Waals surface area contributed by atoms with E-state index in [4.69, 9.17) is 5.73 Å². The summed E-state index contributed by atoms with van der Waals surface area (Å²) in [5.41, 5.74) is 7.58. The summed E-state index contributed by atoms with van der Waals surface area (Å²) in [6, 6.07) is 5.29. The minimum atomic E-state index is -0.689. The lowest BCUT2D eigenvalue weighted by Crippen LogP contribution is -2.40. The van der Waals surface area contributed by atoms with Crippen LogP contribution in [0.3, 0.4) is 0 Å². The Kier molecular flexibility index (Phi) is 4.57. The van der Waals surface area contributed by atoms with Crippen LogP contribution in [0.15, 0.2) is 39.0 Å². The summed E-state index contributed by atoms with van der Waals surface area (Å²) in [5, 5.41) is 22.6. The van der Waals surface area contributed by atoms with Crippen LogP contribution in [-0.4, -0.2) is 31.5 Å². The number of nitrogen functional groups attached to an aromatic ring is 1. The SMILES string of the molecule is Cn1c(=O)c2cc(C(=O)N/N=C/c3ccc(O)c(O)c3)c(N)[nH+]c2n(C)c1=O. The molecule has 11 heteroatoms. The highest BCUT2D eigenvalue weighted by Gasteiger charge is 2.20. The second-order valence-electron chi connectivity index (χ2n) is 6.01. The van der Waals surface area contributed by atoms with E-state index < -0.39 is 17.2 Å². The number of nitrogens with two attached hydrogens (primary N) is 1. The fourth-order valence-corrected chi connectivity index (χ4v) is 2.60. The number of amides is 1. The van der Waals surface area contributed by atoms with Crippen LogP contribution in [0.5, 0.6) is 11.5 Å². The van der Waals surface area contributed by atoms with Crippen molar-refractivity contribution in [3.63, 3.8) is 0 Å². The maximum atomic E-state index is 12.4. The number of phenols is 2. The van der Waals surface area contributed by atoms with Gasteiger partial charge in [-0.05, 0) is 29.8 Å². The summed E-state index contributed by atoms with van der Waals surface area (Å²) in [4.78, 5) is 39.4. The summed E-state index contributed by atoms with van der Waals surface area (Å²) < 4.78 is 2.13. The van der Waals surface area contributed by atoms with Gasteiger partial charge in [-0.25, -0.2) is 24.3 Å². The molecule has 28 heavy (non-hydrogen) atoms. The third-order valence-electron chi connectivity index (χ3n) is 4.16. The van der Waals surface area contributed by atoms with E-state index in [1.165, 1.54) is 49.1 Å². The van der Waals surface area contributed by atoms with Crippen molar-refractivity contribution in [1.29, 1.82) is 0 Å². The predicted molar refractivity (Wildman–Crippen MR) is 100 cm³/mol. The lowest BCUT2D eigenvalue weighted by atomic mass is 10.2. The van der Waals surface area contributed by atoms with E-state index in [1.807, 2.05) is 0 Å². The number of benzene rings is 1. The van der Waals surface area contributed by atoms with Gasteiger partial charge < -0.3 is 15.9 Å². The molecule has 144 valence electrons. The molecule has 3 aromatic rings. The Bertz CT molecular complexity index is 1260. The standard InChI is InChI=1S/C17H16N6O5/c1-22-14-10(16(27)23(2)17(22)28)6-9(13(18)20-14)15(26)21-19-7-8-3-4-11(24)12(25)5-8/h3-7,24-25H,1-2H3,(H2,18,20)(H,21,26)/p+1/b19-7+. The van der Waals surface area contributed by atoms with Crippen molar-refractivity contribution in [3.05, 3.63) is 56.2 Å². The third kappa shape index (κ3) is 3.16. The molecule has 0 atom stereocenters. The molecule has 1 aromatic carbocycles. The zero-order valence-corrected chi connectivity index (χ0v) is 14.9. The molecule has 3 rings (SSSR count). The lowest BCUT2D eigenvalue weighted by Gasteiger charge is -2.06. The Balaban J connectivity index is 1.94. The molecule has 0 saturated heterocycles. The largest absolute Gasteiger partial charge is 0.504 e. The number of fused-ring (bicyclic) bond motifs is 1. The number of nitrogens with one attached hydrogen (secondary N) is 2. The molecule has 11 nitrogen and oxygen atoms in total. The average molecular weight is 385 g/mol. The van der Waals surface area contributed by atoms with Crippen molar-refractivity contribution in [2.24, 2.45) is 19.2 Å². The number of hydrazone groups is 1. The monoisotopic (exact) mass is 385 g/mol. The summed E-state index contributed by atoms with van der Waals surface area (Å²) in [5.74, 6) is -1.35. The molecule has 0 aliphatic heterocycles. The van der Waals surface area contributed by atoms with Crippen LogP contribution in [0.1, 0.15) is 15.9 Å². The number of hydrogen-bond donors (Lipinski definition) is 4. The van der Waals surface area contributed by atoms with Gasteiger partial charge in [0.05, 0.1) is 13.3 Å².